The molecule has 0 saturated heterocycles. The van der Waals surface area contributed by atoms with E-state index < -0.39 is 5.60 Å². The number of carbonyl (C=O) groups excluding carboxylic acids is 1. The number of nitrogens with one attached hydrogen (secondary N) is 1. The summed E-state index contributed by atoms with van der Waals surface area (Å²) in [5, 5.41) is 21.7. The number of aliphatic hydroxyl groups is 1. The first-order valence-electron chi connectivity index (χ1n) is 6.27. The van der Waals surface area contributed by atoms with Crippen molar-refractivity contribution in [3.8, 4) is 5.75 Å². The normalized spacial score (nSPS) is 11.2. The van der Waals surface area contributed by atoms with Crippen molar-refractivity contribution in [3.05, 3.63) is 29.8 Å². The Hall–Kier alpha value is -1.75. The number of phenols is 1. The third kappa shape index (κ3) is 6.10. The molecule has 0 heterocycles. The highest BCUT2D eigenvalue weighted by Gasteiger charge is 2.18. The lowest BCUT2D eigenvalue weighted by Crippen LogP contribution is -2.45. The maximum atomic E-state index is 11.7. The Balaban J connectivity index is 2.35. The molecule has 0 aliphatic carbocycles. The first-order valence-corrected chi connectivity index (χ1v) is 6.27. The van der Waals surface area contributed by atoms with Crippen molar-refractivity contribution in [2.24, 2.45) is 0 Å². The van der Waals surface area contributed by atoms with Crippen molar-refractivity contribution in [3.63, 3.8) is 0 Å². The minimum absolute atomic E-state index is 0.220. The summed E-state index contributed by atoms with van der Waals surface area (Å²) < 4.78 is 0. The molecule has 0 fully saturated rings. The van der Waals surface area contributed by atoms with Crippen LogP contribution in [0.2, 0.25) is 0 Å². The number of aromatic hydroxyl groups is 1. The molecule has 0 unspecified atom stereocenters. The van der Waals surface area contributed by atoms with Gasteiger partial charge in [-0.05, 0) is 38.0 Å². The van der Waals surface area contributed by atoms with Gasteiger partial charge >= 0.3 is 6.03 Å². The summed E-state index contributed by atoms with van der Waals surface area (Å²) in [4.78, 5) is 13.2. The number of urea groups is 1. The molecule has 1 aromatic carbocycles. The van der Waals surface area contributed by atoms with Crippen molar-refractivity contribution in [1.82, 2.24) is 10.2 Å². The average molecular weight is 266 g/mol. The number of benzene rings is 1. The molecular weight excluding hydrogens is 244 g/mol. The first kappa shape index (κ1) is 15.3. The molecule has 2 amide bonds. The van der Waals surface area contributed by atoms with Gasteiger partial charge in [0.25, 0.3) is 0 Å². The van der Waals surface area contributed by atoms with Gasteiger partial charge < -0.3 is 20.4 Å². The summed E-state index contributed by atoms with van der Waals surface area (Å²) in [6.07, 6.45) is 0.649. The lowest BCUT2D eigenvalue weighted by Gasteiger charge is -2.25. The molecule has 3 N–H and O–H groups in total. The molecule has 106 valence electrons. The van der Waals surface area contributed by atoms with Crippen LogP contribution in [-0.2, 0) is 6.42 Å². The van der Waals surface area contributed by atoms with E-state index in [2.05, 4.69) is 5.32 Å². The predicted molar refractivity (Wildman–Crippen MR) is 74.1 cm³/mol. The lowest BCUT2D eigenvalue weighted by atomic mass is 10.1. The number of likely N-dealkylation sites (N-methyl/N-ethyl adjacent to an activating group) is 1. The van der Waals surface area contributed by atoms with Crippen LogP contribution in [0.1, 0.15) is 19.4 Å². The zero-order valence-electron chi connectivity index (χ0n) is 11.7. The van der Waals surface area contributed by atoms with Gasteiger partial charge in [0.15, 0.2) is 0 Å². The lowest BCUT2D eigenvalue weighted by molar-refractivity contribution is 0.0532. The largest absolute Gasteiger partial charge is 0.508 e. The number of phenolic OH excluding ortho intramolecular Hbond substituents is 1. The molecule has 5 heteroatoms. The molecule has 5 nitrogen and oxygen atoms in total. The van der Waals surface area contributed by atoms with Crippen LogP contribution in [-0.4, -0.2) is 46.9 Å². The summed E-state index contributed by atoms with van der Waals surface area (Å²) >= 11 is 0. The molecule has 1 rings (SSSR count). The van der Waals surface area contributed by atoms with Gasteiger partial charge in [-0.25, -0.2) is 4.79 Å². The smallest absolute Gasteiger partial charge is 0.317 e. The topological polar surface area (TPSA) is 72.8 Å². The number of carbonyl (C=O) groups is 1. The van der Waals surface area contributed by atoms with E-state index in [1.807, 2.05) is 6.07 Å². The van der Waals surface area contributed by atoms with Crippen LogP contribution < -0.4 is 5.32 Å². The minimum atomic E-state index is -0.905. The molecule has 0 aliphatic heterocycles. The van der Waals surface area contributed by atoms with Gasteiger partial charge in [-0.15, -0.1) is 0 Å². The van der Waals surface area contributed by atoms with E-state index in [4.69, 9.17) is 0 Å². The second-order valence-corrected chi connectivity index (χ2v) is 5.32. The van der Waals surface area contributed by atoms with Crippen LogP contribution >= 0.6 is 0 Å². The van der Waals surface area contributed by atoms with Crippen molar-refractivity contribution < 1.29 is 15.0 Å². The molecule has 0 aliphatic rings. The first-order chi connectivity index (χ1) is 8.78. The van der Waals surface area contributed by atoms with Gasteiger partial charge in [-0.2, -0.15) is 0 Å². The molecule has 19 heavy (non-hydrogen) atoms. The van der Waals surface area contributed by atoms with Crippen LogP contribution in [0.15, 0.2) is 24.3 Å². The Morgan fingerprint density at radius 2 is 2.11 bits per heavy atom. The molecule has 0 aromatic heterocycles. The Kier molecular flexibility index (Phi) is 5.18. The second-order valence-electron chi connectivity index (χ2n) is 5.32. The third-order valence-corrected chi connectivity index (χ3v) is 2.57. The fraction of sp³-hybridized carbons (Fsp3) is 0.500. The van der Waals surface area contributed by atoms with E-state index >= 15 is 0 Å². The van der Waals surface area contributed by atoms with Crippen LogP contribution in [0.4, 0.5) is 4.79 Å². The van der Waals surface area contributed by atoms with Crippen LogP contribution in [0.25, 0.3) is 0 Å². The van der Waals surface area contributed by atoms with Gasteiger partial charge in [0.05, 0.1) is 12.1 Å². The molecule has 1 aromatic rings. The maximum Gasteiger partial charge on any atom is 0.317 e. The number of amides is 2. The van der Waals surface area contributed by atoms with Crippen molar-refractivity contribution in [2.45, 2.75) is 25.9 Å². The zero-order valence-corrected chi connectivity index (χ0v) is 11.7. The molecule has 0 bridgehead atoms. The number of hydrogen-bond donors (Lipinski definition) is 3. The Morgan fingerprint density at radius 3 is 2.68 bits per heavy atom. The van der Waals surface area contributed by atoms with Gasteiger partial charge in [0.2, 0.25) is 0 Å². The summed E-state index contributed by atoms with van der Waals surface area (Å²) in [6, 6.07) is 6.73. The summed E-state index contributed by atoms with van der Waals surface area (Å²) in [5.74, 6) is 0.225. The van der Waals surface area contributed by atoms with Crippen LogP contribution in [0.5, 0.6) is 5.75 Å². The fourth-order valence-corrected chi connectivity index (χ4v) is 1.81. The highest BCUT2D eigenvalue weighted by molar-refractivity contribution is 5.73. The van der Waals surface area contributed by atoms with Crippen LogP contribution in [0, 0.1) is 0 Å². The molecule has 0 spiro atoms. The Morgan fingerprint density at radius 1 is 1.42 bits per heavy atom. The van der Waals surface area contributed by atoms with Gasteiger partial charge in [0, 0.05) is 13.6 Å². The zero-order chi connectivity index (χ0) is 14.5. The standard InChI is InChI=1S/C14H22N2O3/c1-14(2,19)10-16(3)13(18)15-8-7-11-5-4-6-12(17)9-11/h4-6,9,17,19H,7-8,10H2,1-3H3,(H,15,18). The highest BCUT2D eigenvalue weighted by atomic mass is 16.3. The molecular formula is C14H22N2O3. The van der Waals surface area contributed by atoms with E-state index in [0.29, 0.717) is 13.0 Å². The van der Waals surface area contributed by atoms with Gasteiger partial charge in [-0.3, -0.25) is 0 Å². The second kappa shape index (κ2) is 6.43. The number of rotatable bonds is 5. The van der Waals surface area contributed by atoms with Gasteiger partial charge in [-0.1, -0.05) is 12.1 Å². The van der Waals surface area contributed by atoms with E-state index in [1.54, 1.807) is 39.1 Å². The summed E-state index contributed by atoms with van der Waals surface area (Å²) in [5.41, 5.74) is 0.0579. The van der Waals surface area contributed by atoms with Gasteiger partial charge in [0.1, 0.15) is 5.75 Å². The van der Waals surface area contributed by atoms with E-state index in [9.17, 15) is 15.0 Å². The number of nitrogens with zero attached hydrogens (tertiary/aromatic N) is 1. The Bertz CT molecular complexity index is 427. The Labute approximate surface area is 113 Å². The van der Waals surface area contributed by atoms with E-state index in [-0.39, 0.29) is 18.3 Å². The molecule has 0 atom stereocenters. The minimum Gasteiger partial charge on any atom is -0.508 e. The van der Waals surface area contributed by atoms with E-state index in [1.165, 1.54) is 4.90 Å². The molecule has 0 saturated carbocycles. The summed E-state index contributed by atoms with van der Waals surface area (Å²) in [6.45, 7) is 4.07. The SMILES string of the molecule is CN(CC(C)(C)O)C(=O)NCCc1cccc(O)c1. The van der Waals surface area contributed by atoms with Crippen molar-refractivity contribution >= 4 is 6.03 Å². The highest BCUT2D eigenvalue weighted by Crippen LogP contribution is 2.10. The summed E-state index contributed by atoms with van der Waals surface area (Å²) in [7, 11) is 1.64. The van der Waals surface area contributed by atoms with Crippen molar-refractivity contribution in [1.29, 1.82) is 0 Å². The van der Waals surface area contributed by atoms with Crippen molar-refractivity contribution in [2.75, 3.05) is 20.1 Å². The predicted octanol–water partition coefficient (Wildman–Crippen LogP) is 1.35. The quantitative estimate of drug-likeness (QED) is 0.753. The fourth-order valence-electron chi connectivity index (χ4n) is 1.81. The maximum absolute atomic E-state index is 11.7. The molecule has 0 radical (unpaired) electrons. The van der Waals surface area contributed by atoms with E-state index in [0.717, 1.165) is 5.56 Å². The van der Waals surface area contributed by atoms with Crippen LogP contribution in [0.3, 0.4) is 0 Å². The monoisotopic (exact) mass is 266 g/mol. The number of hydrogen-bond acceptors (Lipinski definition) is 3. The third-order valence-electron chi connectivity index (χ3n) is 2.57. The average Bonchev–Trinajstić information content (AvgIpc) is 2.26.